The third kappa shape index (κ3) is 3.65. The maximum absolute atomic E-state index is 10.9. The molecule has 142 valence electrons. The minimum atomic E-state index is -0.585. The summed E-state index contributed by atoms with van der Waals surface area (Å²) in [6.45, 7) is 2.01. The molecule has 1 aliphatic rings. The zero-order valence-electron chi connectivity index (χ0n) is 14.6. The van der Waals surface area contributed by atoms with Crippen molar-refractivity contribution >= 4 is 39.1 Å². The van der Waals surface area contributed by atoms with E-state index in [1.807, 2.05) is 25.1 Å². The molecule has 0 saturated heterocycles. The van der Waals surface area contributed by atoms with Gasteiger partial charge in [-0.1, -0.05) is 34.6 Å². The molecule has 0 bridgehead atoms. The van der Waals surface area contributed by atoms with Crippen LogP contribution in [0.5, 0.6) is 5.88 Å². The average Bonchev–Trinajstić information content (AvgIpc) is 2.84. The van der Waals surface area contributed by atoms with Crippen molar-refractivity contribution in [3.63, 3.8) is 0 Å². The van der Waals surface area contributed by atoms with Crippen molar-refractivity contribution in [1.82, 2.24) is 15.2 Å². The van der Waals surface area contributed by atoms with Gasteiger partial charge in [0.15, 0.2) is 11.9 Å². The van der Waals surface area contributed by atoms with E-state index >= 15 is 0 Å². The van der Waals surface area contributed by atoms with Crippen molar-refractivity contribution in [2.45, 2.75) is 18.3 Å². The Morgan fingerprint density at radius 1 is 1.25 bits per heavy atom. The number of nitrogens with one attached hydrogen (secondary N) is 1. The van der Waals surface area contributed by atoms with E-state index < -0.39 is 11.2 Å². The number of nitrogens with zero attached hydrogens (tertiary/aromatic N) is 4. The van der Waals surface area contributed by atoms with Crippen molar-refractivity contribution in [2.75, 3.05) is 11.1 Å². The van der Waals surface area contributed by atoms with Gasteiger partial charge in [0, 0.05) is 33.4 Å². The highest BCUT2D eigenvalue weighted by molar-refractivity contribution is 9.10. The highest BCUT2D eigenvalue weighted by atomic mass is 79.9. The molecule has 1 aliphatic heterocycles. The summed E-state index contributed by atoms with van der Waals surface area (Å²) in [6.07, 6.45) is -0.585. The number of non-ortho nitro benzene ring substituents is 1. The van der Waals surface area contributed by atoms with Crippen LogP contribution in [-0.2, 0) is 0 Å². The van der Waals surface area contributed by atoms with Gasteiger partial charge in [-0.25, -0.2) is 0 Å². The Morgan fingerprint density at radius 2 is 2.04 bits per heavy atom. The van der Waals surface area contributed by atoms with E-state index in [4.69, 9.17) is 4.74 Å². The van der Waals surface area contributed by atoms with E-state index in [9.17, 15) is 10.1 Å². The molecule has 2 aromatic carbocycles. The number of anilines is 1. The summed E-state index contributed by atoms with van der Waals surface area (Å²) < 4.78 is 7.02. The minimum Gasteiger partial charge on any atom is -0.448 e. The number of rotatable bonds is 4. The van der Waals surface area contributed by atoms with Crippen LogP contribution in [0.15, 0.2) is 52.1 Å². The molecule has 0 fully saturated rings. The smallest absolute Gasteiger partial charge is 0.269 e. The summed E-state index contributed by atoms with van der Waals surface area (Å²) in [7, 11) is 0. The van der Waals surface area contributed by atoms with Crippen LogP contribution in [0.4, 0.5) is 11.4 Å². The summed E-state index contributed by atoms with van der Waals surface area (Å²) in [6, 6.07) is 12.0. The molecule has 0 aliphatic carbocycles. The van der Waals surface area contributed by atoms with E-state index in [2.05, 4.69) is 36.4 Å². The molecule has 0 saturated carbocycles. The fourth-order valence-corrected chi connectivity index (χ4v) is 3.65. The number of hydrogen-bond donors (Lipinski definition) is 1. The van der Waals surface area contributed by atoms with E-state index in [-0.39, 0.29) is 5.69 Å². The maximum Gasteiger partial charge on any atom is 0.269 e. The number of nitro groups is 1. The SMILES string of the molecule is CCSc1nnc2c(n1)OC(c1ccc([N+](=O)[O-])cc1)Nc1ccc(Br)cc1-2. The zero-order chi connectivity index (χ0) is 19.7. The molecule has 1 unspecified atom stereocenters. The molecule has 10 heteroatoms. The molecule has 0 radical (unpaired) electrons. The summed E-state index contributed by atoms with van der Waals surface area (Å²) in [5, 5.41) is 23.3. The largest absolute Gasteiger partial charge is 0.448 e. The molecule has 8 nitrogen and oxygen atoms in total. The summed E-state index contributed by atoms with van der Waals surface area (Å²) in [5.74, 6) is 1.17. The molecule has 0 spiro atoms. The Balaban J connectivity index is 1.80. The van der Waals surface area contributed by atoms with E-state index in [0.717, 1.165) is 27.0 Å². The lowest BCUT2D eigenvalue weighted by molar-refractivity contribution is -0.384. The maximum atomic E-state index is 10.9. The Kier molecular flexibility index (Phi) is 5.14. The number of benzene rings is 2. The van der Waals surface area contributed by atoms with Gasteiger partial charge < -0.3 is 10.1 Å². The van der Waals surface area contributed by atoms with Crippen LogP contribution >= 0.6 is 27.7 Å². The molecular formula is C18H14BrN5O3S. The van der Waals surface area contributed by atoms with E-state index in [1.54, 1.807) is 12.1 Å². The van der Waals surface area contributed by atoms with Crippen LogP contribution in [0.3, 0.4) is 0 Å². The first kappa shape index (κ1) is 18.6. The number of ether oxygens (including phenoxy) is 1. The summed E-state index contributed by atoms with van der Waals surface area (Å²) in [5.41, 5.74) is 2.90. The fraction of sp³-hybridized carbons (Fsp3) is 0.167. The number of fused-ring (bicyclic) bond motifs is 3. The second-order valence-electron chi connectivity index (χ2n) is 5.86. The molecule has 1 aromatic heterocycles. The minimum absolute atomic E-state index is 0.0210. The molecule has 1 atom stereocenters. The van der Waals surface area contributed by atoms with Crippen LogP contribution in [-0.4, -0.2) is 25.9 Å². The van der Waals surface area contributed by atoms with Gasteiger partial charge in [-0.05, 0) is 36.1 Å². The Bertz CT molecular complexity index is 1050. The first-order valence-corrected chi connectivity index (χ1v) is 10.2. The van der Waals surface area contributed by atoms with Gasteiger partial charge in [0.2, 0.25) is 11.0 Å². The summed E-state index contributed by atoms with van der Waals surface area (Å²) >= 11 is 4.96. The third-order valence-electron chi connectivity index (χ3n) is 4.07. The highest BCUT2D eigenvalue weighted by Gasteiger charge is 2.26. The Morgan fingerprint density at radius 3 is 2.75 bits per heavy atom. The van der Waals surface area contributed by atoms with Crippen LogP contribution in [0, 0.1) is 10.1 Å². The van der Waals surface area contributed by atoms with Crippen LogP contribution in [0.25, 0.3) is 11.3 Å². The number of hydrogen-bond acceptors (Lipinski definition) is 8. The number of halogens is 1. The lowest BCUT2D eigenvalue weighted by atomic mass is 10.1. The molecule has 2 heterocycles. The Labute approximate surface area is 173 Å². The molecular weight excluding hydrogens is 446 g/mol. The van der Waals surface area contributed by atoms with Crippen molar-refractivity contribution in [3.05, 3.63) is 62.6 Å². The first-order chi connectivity index (χ1) is 13.5. The van der Waals surface area contributed by atoms with Gasteiger partial charge in [-0.15, -0.1) is 10.2 Å². The summed E-state index contributed by atoms with van der Waals surface area (Å²) in [4.78, 5) is 15.0. The van der Waals surface area contributed by atoms with Gasteiger partial charge in [0.1, 0.15) is 0 Å². The van der Waals surface area contributed by atoms with Gasteiger partial charge in [-0.3, -0.25) is 10.1 Å². The molecule has 1 N–H and O–H groups in total. The van der Waals surface area contributed by atoms with Gasteiger partial charge in [-0.2, -0.15) is 4.98 Å². The second kappa shape index (κ2) is 7.72. The first-order valence-electron chi connectivity index (χ1n) is 8.40. The number of thioether (sulfide) groups is 1. The van der Waals surface area contributed by atoms with Gasteiger partial charge in [0.05, 0.1) is 4.92 Å². The van der Waals surface area contributed by atoms with Crippen LogP contribution in [0.1, 0.15) is 18.7 Å². The van der Waals surface area contributed by atoms with Crippen LogP contribution in [0.2, 0.25) is 0 Å². The van der Waals surface area contributed by atoms with Crippen molar-refractivity contribution in [2.24, 2.45) is 0 Å². The van der Waals surface area contributed by atoms with Crippen molar-refractivity contribution < 1.29 is 9.66 Å². The molecule has 3 aromatic rings. The average molecular weight is 460 g/mol. The van der Waals surface area contributed by atoms with E-state index in [0.29, 0.717) is 16.7 Å². The lowest BCUT2D eigenvalue weighted by Gasteiger charge is -2.19. The normalized spacial score (nSPS) is 14.9. The fourth-order valence-electron chi connectivity index (χ4n) is 2.78. The zero-order valence-corrected chi connectivity index (χ0v) is 17.0. The monoisotopic (exact) mass is 459 g/mol. The predicted molar refractivity (Wildman–Crippen MR) is 109 cm³/mol. The third-order valence-corrected chi connectivity index (χ3v) is 5.28. The molecule has 4 rings (SSSR count). The number of nitro benzene ring substituents is 1. The number of aromatic nitrogens is 3. The Hall–Kier alpha value is -2.72. The predicted octanol–water partition coefficient (Wildman–Crippen LogP) is 4.82. The topological polar surface area (TPSA) is 103 Å². The quantitative estimate of drug-likeness (QED) is 0.336. The molecule has 28 heavy (non-hydrogen) atoms. The molecule has 0 amide bonds. The van der Waals surface area contributed by atoms with Gasteiger partial charge in [0.25, 0.3) is 5.69 Å². The highest BCUT2D eigenvalue weighted by Crippen LogP contribution is 2.40. The lowest BCUT2D eigenvalue weighted by Crippen LogP contribution is -2.17. The van der Waals surface area contributed by atoms with E-state index in [1.165, 1.54) is 23.9 Å². The second-order valence-corrected chi connectivity index (χ2v) is 8.01. The van der Waals surface area contributed by atoms with Crippen LogP contribution < -0.4 is 10.1 Å². The van der Waals surface area contributed by atoms with Crippen molar-refractivity contribution in [3.8, 4) is 17.1 Å². The standard InChI is InChI=1S/C18H14BrN5O3S/c1-2-28-18-21-17-15(22-23-18)13-9-11(19)5-8-14(13)20-16(27-17)10-3-6-12(7-4-10)24(25)26/h3-9,16,20H,2H2,1H3. The van der Waals surface area contributed by atoms with Gasteiger partial charge >= 0.3 is 0 Å². The van der Waals surface area contributed by atoms with Crippen molar-refractivity contribution in [1.29, 1.82) is 0 Å².